The fourth-order valence-electron chi connectivity index (χ4n) is 3.01. The van der Waals surface area contributed by atoms with Crippen molar-refractivity contribution in [3.63, 3.8) is 0 Å². The van der Waals surface area contributed by atoms with Crippen LogP contribution in [0.2, 0.25) is 0 Å². The zero-order chi connectivity index (χ0) is 14.7. The SMILES string of the molecule is Cc1nccn1CCCN1CC(c2ccccc2)CC1=O. The number of hydrogen-bond acceptors (Lipinski definition) is 2. The van der Waals surface area contributed by atoms with Gasteiger partial charge in [-0.25, -0.2) is 4.98 Å². The average molecular weight is 283 g/mol. The molecule has 1 atom stereocenters. The number of carbonyl (C=O) groups is 1. The van der Waals surface area contributed by atoms with Crippen LogP contribution in [0.25, 0.3) is 0 Å². The smallest absolute Gasteiger partial charge is 0.223 e. The van der Waals surface area contributed by atoms with Gasteiger partial charge in [-0.15, -0.1) is 0 Å². The van der Waals surface area contributed by atoms with Crippen LogP contribution in [-0.2, 0) is 11.3 Å². The Kier molecular flexibility index (Phi) is 4.04. The monoisotopic (exact) mass is 283 g/mol. The third-order valence-corrected chi connectivity index (χ3v) is 4.24. The van der Waals surface area contributed by atoms with E-state index in [0.29, 0.717) is 12.3 Å². The summed E-state index contributed by atoms with van der Waals surface area (Å²) in [5.74, 6) is 1.67. The van der Waals surface area contributed by atoms with E-state index in [1.54, 1.807) is 0 Å². The molecule has 0 aliphatic carbocycles. The number of imidazole rings is 1. The van der Waals surface area contributed by atoms with E-state index in [2.05, 4.69) is 21.7 Å². The summed E-state index contributed by atoms with van der Waals surface area (Å²) in [6, 6.07) is 10.4. The number of hydrogen-bond donors (Lipinski definition) is 0. The molecule has 21 heavy (non-hydrogen) atoms. The number of rotatable bonds is 5. The summed E-state index contributed by atoms with van der Waals surface area (Å²) >= 11 is 0. The molecule has 1 fully saturated rings. The number of likely N-dealkylation sites (tertiary alicyclic amines) is 1. The Morgan fingerprint density at radius 2 is 2.05 bits per heavy atom. The highest BCUT2D eigenvalue weighted by molar-refractivity contribution is 5.79. The summed E-state index contributed by atoms with van der Waals surface area (Å²) in [6.45, 7) is 4.61. The molecule has 4 nitrogen and oxygen atoms in total. The van der Waals surface area contributed by atoms with Crippen molar-refractivity contribution in [2.75, 3.05) is 13.1 Å². The molecule has 110 valence electrons. The van der Waals surface area contributed by atoms with Gasteiger partial charge in [-0.1, -0.05) is 30.3 Å². The van der Waals surface area contributed by atoms with Crippen LogP contribution < -0.4 is 0 Å². The minimum atomic E-state index is 0.284. The second-order valence-electron chi connectivity index (χ2n) is 5.67. The van der Waals surface area contributed by atoms with Crippen molar-refractivity contribution in [2.24, 2.45) is 0 Å². The molecule has 0 saturated carbocycles. The Hall–Kier alpha value is -2.10. The molecule has 1 aromatic carbocycles. The van der Waals surface area contributed by atoms with Crippen molar-refractivity contribution in [2.45, 2.75) is 32.2 Å². The van der Waals surface area contributed by atoms with Crippen molar-refractivity contribution in [3.05, 3.63) is 54.1 Å². The Morgan fingerprint density at radius 3 is 2.76 bits per heavy atom. The molecule has 1 unspecified atom stereocenters. The molecule has 2 aromatic rings. The molecule has 0 spiro atoms. The number of aromatic nitrogens is 2. The normalized spacial score (nSPS) is 18.4. The summed E-state index contributed by atoms with van der Waals surface area (Å²) in [5, 5.41) is 0. The van der Waals surface area contributed by atoms with Gasteiger partial charge >= 0.3 is 0 Å². The zero-order valence-corrected chi connectivity index (χ0v) is 12.4. The predicted molar refractivity (Wildman–Crippen MR) is 82.0 cm³/mol. The second-order valence-corrected chi connectivity index (χ2v) is 5.67. The minimum absolute atomic E-state index is 0.284. The minimum Gasteiger partial charge on any atom is -0.342 e. The average Bonchev–Trinajstić information content (AvgIpc) is 3.07. The number of carbonyl (C=O) groups excluding carboxylic acids is 1. The molecular formula is C17H21N3O. The first-order valence-electron chi connectivity index (χ1n) is 7.54. The van der Waals surface area contributed by atoms with Crippen LogP contribution in [0.3, 0.4) is 0 Å². The number of benzene rings is 1. The maximum absolute atomic E-state index is 12.1. The van der Waals surface area contributed by atoms with Crippen molar-refractivity contribution in [1.82, 2.24) is 14.5 Å². The van der Waals surface area contributed by atoms with Crippen molar-refractivity contribution in [3.8, 4) is 0 Å². The largest absolute Gasteiger partial charge is 0.342 e. The van der Waals surface area contributed by atoms with Crippen LogP contribution in [0.4, 0.5) is 0 Å². The van der Waals surface area contributed by atoms with Crippen molar-refractivity contribution >= 4 is 5.91 Å². The van der Waals surface area contributed by atoms with E-state index in [1.807, 2.05) is 42.4 Å². The summed E-state index contributed by atoms with van der Waals surface area (Å²) in [7, 11) is 0. The molecule has 1 aromatic heterocycles. The highest BCUT2D eigenvalue weighted by Crippen LogP contribution is 2.27. The lowest BCUT2D eigenvalue weighted by Gasteiger charge is -2.17. The van der Waals surface area contributed by atoms with E-state index in [1.165, 1.54) is 5.56 Å². The molecular weight excluding hydrogens is 262 g/mol. The van der Waals surface area contributed by atoms with Crippen molar-refractivity contribution in [1.29, 1.82) is 0 Å². The van der Waals surface area contributed by atoms with Gasteiger partial charge in [-0.2, -0.15) is 0 Å². The Morgan fingerprint density at radius 1 is 1.24 bits per heavy atom. The van der Waals surface area contributed by atoms with Gasteiger partial charge in [0.25, 0.3) is 0 Å². The van der Waals surface area contributed by atoms with Crippen LogP contribution in [0.5, 0.6) is 0 Å². The molecule has 3 rings (SSSR count). The van der Waals surface area contributed by atoms with E-state index >= 15 is 0 Å². The molecule has 0 N–H and O–H groups in total. The zero-order valence-electron chi connectivity index (χ0n) is 12.4. The number of aryl methyl sites for hydroxylation is 2. The molecule has 0 bridgehead atoms. The van der Waals surface area contributed by atoms with E-state index in [9.17, 15) is 4.79 Å². The molecule has 4 heteroatoms. The van der Waals surface area contributed by atoms with Crippen LogP contribution in [-0.4, -0.2) is 33.4 Å². The highest BCUT2D eigenvalue weighted by Gasteiger charge is 2.29. The first kappa shape index (κ1) is 13.9. The van der Waals surface area contributed by atoms with Gasteiger partial charge in [-0.3, -0.25) is 4.79 Å². The van der Waals surface area contributed by atoms with E-state index in [-0.39, 0.29) is 5.91 Å². The quantitative estimate of drug-likeness (QED) is 0.846. The van der Waals surface area contributed by atoms with Gasteiger partial charge in [0.05, 0.1) is 0 Å². The van der Waals surface area contributed by atoms with E-state index < -0.39 is 0 Å². The lowest BCUT2D eigenvalue weighted by atomic mass is 9.99. The number of nitrogens with zero attached hydrogens (tertiary/aromatic N) is 3. The van der Waals surface area contributed by atoms with Gasteiger partial charge in [0, 0.05) is 44.4 Å². The molecule has 1 amide bonds. The van der Waals surface area contributed by atoms with Crippen LogP contribution >= 0.6 is 0 Å². The van der Waals surface area contributed by atoms with E-state index in [4.69, 9.17) is 0 Å². The van der Waals surface area contributed by atoms with Crippen LogP contribution in [0, 0.1) is 6.92 Å². The lowest BCUT2D eigenvalue weighted by molar-refractivity contribution is -0.127. The van der Waals surface area contributed by atoms with Gasteiger partial charge in [0.15, 0.2) is 0 Å². The summed E-state index contributed by atoms with van der Waals surface area (Å²) in [6.07, 6.45) is 5.44. The van der Waals surface area contributed by atoms with Gasteiger partial charge in [0.2, 0.25) is 5.91 Å². The van der Waals surface area contributed by atoms with E-state index in [0.717, 1.165) is 31.9 Å². The second kappa shape index (κ2) is 6.12. The van der Waals surface area contributed by atoms with Gasteiger partial charge in [0.1, 0.15) is 5.82 Å². The molecule has 1 aliphatic heterocycles. The third kappa shape index (κ3) is 3.15. The maximum Gasteiger partial charge on any atom is 0.223 e. The maximum atomic E-state index is 12.1. The fraction of sp³-hybridized carbons (Fsp3) is 0.412. The van der Waals surface area contributed by atoms with Gasteiger partial charge < -0.3 is 9.47 Å². The highest BCUT2D eigenvalue weighted by atomic mass is 16.2. The molecule has 1 aliphatic rings. The summed E-state index contributed by atoms with van der Waals surface area (Å²) in [4.78, 5) is 18.3. The summed E-state index contributed by atoms with van der Waals surface area (Å²) < 4.78 is 2.13. The Balaban J connectivity index is 1.53. The first-order valence-corrected chi connectivity index (χ1v) is 7.54. The first-order chi connectivity index (χ1) is 10.2. The summed E-state index contributed by atoms with van der Waals surface area (Å²) in [5.41, 5.74) is 1.28. The van der Waals surface area contributed by atoms with Gasteiger partial charge in [-0.05, 0) is 18.9 Å². The topological polar surface area (TPSA) is 38.1 Å². The third-order valence-electron chi connectivity index (χ3n) is 4.24. The Labute approximate surface area is 125 Å². The molecule has 0 radical (unpaired) electrons. The van der Waals surface area contributed by atoms with Crippen molar-refractivity contribution < 1.29 is 4.79 Å². The Bertz CT molecular complexity index is 606. The fourth-order valence-corrected chi connectivity index (χ4v) is 3.01. The van der Waals surface area contributed by atoms with Crippen LogP contribution in [0.1, 0.15) is 30.1 Å². The standard InChI is InChI=1S/C17H21N3O/c1-14-18-8-11-19(14)9-5-10-20-13-16(12-17(20)21)15-6-3-2-4-7-15/h2-4,6-8,11,16H,5,9-10,12-13H2,1H3. The lowest BCUT2D eigenvalue weighted by Crippen LogP contribution is -2.27. The molecule has 1 saturated heterocycles. The number of amides is 1. The van der Waals surface area contributed by atoms with Crippen LogP contribution in [0.15, 0.2) is 42.7 Å². The predicted octanol–water partition coefficient (Wildman–Crippen LogP) is 2.60. The molecule has 2 heterocycles.